The molecule has 0 bridgehead atoms. The molecule has 1 aliphatic rings. The van der Waals surface area contributed by atoms with E-state index in [0.29, 0.717) is 6.04 Å². The molecular formula is C15H27N3O. The lowest BCUT2D eigenvalue weighted by molar-refractivity contribution is -0.0929. The molecule has 1 N–H and O–H groups in total. The molecule has 0 aliphatic carbocycles. The summed E-state index contributed by atoms with van der Waals surface area (Å²) in [6.07, 6.45) is 9.61. The van der Waals surface area contributed by atoms with E-state index >= 15 is 0 Å². The van der Waals surface area contributed by atoms with Crippen molar-refractivity contribution in [2.45, 2.75) is 57.6 Å². The molecule has 0 spiro atoms. The molecular weight excluding hydrogens is 238 g/mol. The van der Waals surface area contributed by atoms with Crippen LogP contribution in [0.2, 0.25) is 0 Å². The number of aromatic nitrogens is 2. The van der Waals surface area contributed by atoms with Gasteiger partial charge in [0, 0.05) is 25.9 Å². The average molecular weight is 265 g/mol. The molecule has 0 saturated carbocycles. The minimum atomic E-state index is 0.115. The number of aryl methyl sites for hydroxylation is 1. The van der Waals surface area contributed by atoms with Crippen molar-refractivity contribution in [3.05, 3.63) is 18.0 Å². The van der Waals surface area contributed by atoms with E-state index in [9.17, 15) is 0 Å². The van der Waals surface area contributed by atoms with Crippen LogP contribution >= 0.6 is 0 Å². The zero-order valence-electron chi connectivity index (χ0n) is 12.5. The number of nitrogens with one attached hydrogen (secondary N) is 1. The number of ether oxygens (including phenoxy) is 1. The summed E-state index contributed by atoms with van der Waals surface area (Å²) in [5.41, 5.74) is 1.42. The first-order valence-corrected chi connectivity index (χ1v) is 7.52. The monoisotopic (exact) mass is 265 g/mol. The van der Waals surface area contributed by atoms with Crippen LogP contribution in [0.15, 0.2) is 12.4 Å². The van der Waals surface area contributed by atoms with Crippen LogP contribution in [-0.2, 0) is 18.2 Å². The SMILES string of the molecule is CCC1(CC)CC(NCCc2cnn(C)c2)CCO1. The molecule has 0 radical (unpaired) electrons. The highest BCUT2D eigenvalue weighted by molar-refractivity contribution is 5.04. The van der Waals surface area contributed by atoms with Crippen LogP contribution in [0, 0.1) is 0 Å². The second-order valence-electron chi connectivity index (χ2n) is 5.65. The van der Waals surface area contributed by atoms with Crippen molar-refractivity contribution in [3.63, 3.8) is 0 Å². The van der Waals surface area contributed by atoms with Gasteiger partial charge in [-0.25, -0.2) is 0 Å². The van der Waals surface area contributed by atoms with Gasteiger partial charge in [-0.15, -0.1) is 0 Å². The molecule has 1 unspecified atom stereocenters. The zero-order chi connectivity index (χ0) is 13.7. The van der Waals surface area contributed by atoms with Gasteiger partial charge in [0.15, 0.2) is 0 Å². The van der Waals surface area contributed by atoms with E-state index in [1.165, 1.54) is 5.56 Å². The molecule has 1 aromatic heterocycles. The largest absolute Gasteiger partial charge is 0.375 e. The Bertz CT molecular complexity index is 384. The summed E-state index contributed by atoms with van der Waals surface area (Å²) in [7, 11) is 1.96. The van der Waals surface area contributed by atoms with Gasteiger partial charge in [0.05, 0.1) is 11.8 Å². The second kappa shape index (κ2) is 6.53. The van der Waals surface area contributed by atoms with Crippen molar-refractivity contribution in [3.8, 4) is 0 Å². The van der Waals surface area contributed by atoms with Crippen molar-refractivity contribution in [2.24, 2.45) is 7.05 Å². The van der Waals surface area contributed by atoms with Gasteiger partial charge < -0.3 is 10.1 Å². The lowest BCUT2D eigenvalue weighted by atomic mass is 9.86. The molecule has 0 aromatic carbocycles. The smallest absolute Gasteiger partial charge is 0.0692 e. The maximum Gasteiger partial charge on any atom is 0.0692 e. The zero-order valence-corrected chi connectivity index (χ0v) is 12.5. The summed E-state index contributed by atoms with van der Waals surface area (Å²) in [6, 6.07) is 0.602. The summed E-state index contributed by atoms with van der Waals surface area (Å²) in [6.45, 7) is 6.40. The third-order valence-electron chi connectivity index (χ3n) is 4.39. The number of nitrogens with zero attached hydrogens (tertiary/aromatic N) is 2. The van der Waals surface area contributed by atoms with Crippen molar-refractivity contribution in [1.29, 1.82) is 0 Å². The van der Waals surface area contributed by atoms with E-state index < -0.39 is 0 Å². The Balaban J connectivity index is 1.76. The third kappa shape index (κ3) is 3.80. The first kappa shape index (κ1) is 14.5. The Morgan fingerprint density at radius 3 is 2.89 bits per heavy atom. The fraction of sp³-hybridized carbons (Fsp3) is 0.800. The van der Waals surface area contributed by atoms with Gasteiger partial charge >= 0.3 is 0 Å². The summed E-state index contributed by atoms with van der Waals surface area (Å²) >= 11 is 0. The molecule has 4 heteroatoms. The molecule has 108 valence electrons. The van der Waals surface area contributed by atoms with E-state index in [1.54, 1.807) is 0 Å². The normalized spacial score (nSPS) is 22.6. The van der Waals surface area contributed by atoms with E-state index in [1.807, 2.05) is 17.9 Å². The standard InChI is InChI=1S/C15H27N3O/c1-4-15(5-2)10-14(7-9-19-15)16-8-6-13-11-17-18(3)12-13/h11-12,14,16H,4-10H2,1-3H3. The minimum Gasteiger partial charge on any atom is -0.375 e. The van der Waals surface area contributed by atoms with Gasteiger partial charge in [-0.3, -0.25) is 4.68 Å². The summed E-state index contributed by atoms with van der Waals surface area (Å²) in [5, 5.41) is 7.89. The summed E-state index contributed by atoms with van der Waals surface area (Å²) < 4.78 is 7.87. The Hall–Kier alpha value is -0.870. The fourth-order valence-corrected chi connectivity index (χ4v) is 2.97. The minimum absolute atomic E-state index is 0.115. The van der Waals surface area contributed by atoms with Gasteiger partial charge in [0.25, 0.3) is 0 Å². The van der Waals surface area contributed by atoms with Crippen LogP contribution in [0.4, 0.5) is 0 Å². The predicted molar refractivity (Wildman–Crippen MR) is 77.2 cm³/mol. The van der Waals surface area contributed by atoms with Crippen LogP contribution in [0.25, 0.3) is 0 Å². The molecule has 1 aromatic rings. The van der Waals surface area contributed by atoms with Gasteiger partial charge in [-0.1, -0.05) is 13.8 Å². The van der Waals surface area contributed by atoms with Gasteiger partial charge in [-0.2, -0.15) is 5.10 Å². The molecule has 19 heavy (non-hydrogen) atoms. The molecule has 1 atom stereocenters. The van der Waals surface area contributed by atoms with Gasteiger partial charge in [-0.05, 0) is 44.2 Å². The van der Waals surface area contributed by atoms with Crippen LogP contribution in [0.5, 0.6) is 0 Å². The Labute approximate surface area is 116 Å². The number of rotatable bonds is 6. The number of hydrogen-bond acceptors (Lipinski definition) is 3. The van der Waals surface area contributed by atoms with Crippen LogP contribution < -0.4 is 5.32 Å². The Morgan fingerprint density at radius 2 is 2.26 bits per heavy atom. The molecule has 2 heterocycles. The maximum absolute atomic E-state index is 6.01. The van der Waals surface area contributed by atoms with Crippen LogP contribution in [0.3, 0.4) is 0 Å². The lowest BCUT2D eigenvalue weighted by Gasteiger charge is -2.40. The van der Waals surface area contributed by atoms with E-state index in [4.69, 9.17) is 4.74 Å². The Kier molecular flexibility index (Phi) is 4.99. The van der Waals surface area contributed by atoms with Crippen molar-refractivity contribution in [1.82, 2.24) is 15.1 Å². The van der Waals surface area contributed by atoms with Crippen molar-refractivity contribution < 1.29 is 4.74 Å². The fourth-order valence-electron chi connectivity index (χ4n) is 2.97. The van der Waals surface area contributed by atoms with Gasteiger partial charge in [0.2, 0.25) is 0 Å². The predicted octanol–water partition coefficient (Wildman–Crippen LogP) is 2.29. The first-order chi connectivity index (χ1) is 9.17. The van der Waals surface area contributed by atoms with Crippen molar-refractivity contribution in [2.75, 3.05) is 13.2 Å². The summed E-state index contributed by atoms with van der Waals surface area (Å²) in [5.74, 6) is 0. The highest BCUT2D eigenvalue weighted by Crippen LogP contribution is 2.31. The average Bonchev–Trinajstić information content (AvgIpc) is 2.85. The topological polar surface area (TPSA) is 39.1 Å². The maximum atomic E-state index is 6.01. The van der Waals surface area contributed by atoms with E-state index in [2.05, 4.69) is 30.5 Å². The quantitative estimate of drug-likeness (QED) is 0.858. The molecule has 1 fully saturated rings. The van der Waals surface area contributed by atoms with E-state index in [0.717, 1.165) is 45.3 Å². The van der Waals surface area contributed by atoms with Gasteiger partial charge in [0.1, 0.15) is 0 Å². The third-order valence-corrected chi connectivity index (χ3v) is 4.39. The number of hydrogen-bond donors (Lipinski definition) is 1. The highest BCUT2D eigenvalue weighted by Gasteiger charge is 2.34. The van der Waals surface area contributed by atoms with Crippen LogP contribution in [-0.4, -0.2) is 34.6 Å². The van der Waals surface area contributed by atoms with Crippen LogP contribution in [0.1, 0.15) is 45.1 Å². The second-order valence-corrected chi connectivity index (χ2v) is 5.65. The Morgan fingerprint density at radius 1 is 1.47 bits per heavy atom. The molecule has 4 nitrogen and oxygen atoms in total. The molecule has 0 amide bonds. The summed E-state index contributed by atoms with van der Waals surface area (Å²) in [4.78, 5) is 0. The van der Waals surface area contributed by atoms with E-state index in [-0.39, 0.29) is 5.60 Å². The highest BCUT2D eigenvalue weighted by atomic mass is 16.5. The molecule has 1 aliphatic heterocycles. The van der Waals surface area contributed by atoms with Crippen molar-refractivity contribution >= 4 is 0 Å². The molecule has 1 saturated heterocycles. The molecule has 2 rings (SSSR count). The lowest BCUT2D eigenvalue weighted by Crippen LogP contribution is -2.46. The first-order valence-electron chi connectivity index (χ1n) is 7.52.